The number of hydrogen-bond acceptors (Lipinski definition) is 3. The number of nitrogens with zero attached hydrogens (tertiary/aromatic N) is 2. The van der Waals surface area contributed by atoms with Crippen LogP contribution >= 0.6 is 0 Å². The fourth-order valence-corrected chi connectivity index (χ4v) is 3.00. The molecule has 0 bridgehead atoms. The molecule has 0 radical (unpaired) electrons. The van der Waals surface area contributed by atoms with E-state index in [0.29, 0.717) is 37.4 Å². The summed E-state index contributed by atoms with van der Waals surface area (Å²) < 4.78 is 38.6. The van der Waals surface area contributed by atoms with Gasteiger partial charge in [0.1, 0.15) is 0 Å². The molecule has 0 aromatic heterocycles. The van der Waals surface area contributed by atoms with E-state index in [1.807, 2.05) is 28.9 Å². The number of benzene rings is 2. The van der Waals surface area contributed by atoms with Gasteiger partial charge in [0.25, 0.3) is 0 Å². The molecule has 1 heterocycles. The number of rotatable bonds is 4. The first-order valence-corrected chi connectivity index (χ1v) is 8.78. The third kappa shape index (κ3) is 4.90. The van der Waals surface area contributed by atoms with E-state index < -0.39 is 11.7 Å². The Morgan fingerprint density at radius 2 is 1.67 bits per heavy atom. The number of carbonyl (C=O) groups is 1. The van der Waals surface area contributed by atoms with Crippen LogP contribution in [0, 0.1) is 6.92 Å². The Hall–Kier alpha value is -2.76. The zero-order chi connectivity index (χ0) is 19.4. The van der Waals surface area contributed by atoms with E-state index in [4.69, 9.17) is 0 Å². The van der Waals surface area contributed by atoms with Crippen LogP contribution in [0.2, 0.25) is 0 Å². The minimum Gasteiger partial charge on any atom is -0.374 e. The molecule has 0 aliphatic carbocycles. The van der Waals surface area contributed by atoms with Crippen LogP contribution < -0.4 is 4.90 Å². The summed E-state index contributed by atoms with van der Waals surface area (Å²) in [5.74, 6) is -0.0599. The van der Waals surface area contributed by atoms with E-state index >= 15 is 0 Å². The maximum atomic E-state index is 12.9. The number of anilines is 1. The van der Waals surface area contributed by atoms with Gasteiger partial charge in [0, 0.05) is 49.7 Å². The van der Waals surface area contributed by atoms with E-state index in [1.165, 1.54) is 12.1 Å². The lowest BCUT2D eigenvalue weighted by molar-refractivity contribution is -0.137. The Morgan fingerprint density at radius 1 is 1.00 bits per heavy atom. The molecule has 0 saturated carbocycles. The first-order valence-electron chi connectivity index (χ1n) is 8.78. The molecule has 0 amide bonds. The molecule has 142 valence electrons. The van der Waals surface area contributed by atoms with Crippen molar-refractivity contribution in [2.45, 2.75) is 13.1 Å². The fourth-order valence-electron chi connectivity index (χ4n) is 3.00. The number of halogens is 3. The van der Waals surface area contributed by atoms with Crippen molar-refractivity contribution in [2.75, 3.05) is 31.1 Å². The van der Waals surface area contributed by atoms with Crippen molar-refractivity contribution in [2.24, 2.45) is 0 Å². The van der Waals surface area contributed by atoms with Crippen molar-refractivity contribution in [3.63, 3.8) is 0 Å². The van der Waals surface area contributed by atoms with Gasteiger partial charge in [0.2, 0.25) is 0 Å². The van der Waals surface area contributed by atoms with Gasteiger partial charge in [-0.05, 0) is 25.1 Å². The molecule has 2 aromatic carbocycles. The molecule has 1 saturated heterocycles. The smallest absolute Gasteiger partial charge is 0.374 e. The number of aryl methyl sites for hydroxylation is 1. The second kappa shape index (κ2) is 7.86. The van der Waals surface area contributed by atoms with Crippen LogP contribution in [-0.4, -0.2) is 36.9 Å². The van der Waals surface area contributed by atoms with Gasteiger partial charge in [0.05, 0.1) is 5.56 Å². The van der Waals surface area contributed by atoms with Crippen molar-refractivity contribution in [1.82, 2.24) is 4.90 Å². The van der Waals surface area contributed by atoms with Gasteiger partial charge < -0.3 is 9.80 Å². The number of ketones is 1. The van der Waals surface area contributed by atoms with Crippen LogP contribution in [0.5, 0.6) is 0 Å². The maximum Gasteiger partial charge on any atom is 0.416 e. The van der Waals surface area contributed by atoms with Gasteiger partial charge in [-0.15, -0.1) is 0 Å². The van der Waals surface area contributed by atoms with Crippen molar-refractivity contribution in [3.8, 4) is 0 Å². The Labute approximate surface area is 156 Å². The monoisotopic (exact) mass is 374 g/mol. The summed E-state index contributed by atoms with van der Waals surface area (Å²) in [4.78, 5) is 16.1. The third-order valence-electron chi connectivity index (χ3n) is 4.63. The van der Waals surface area contributed by atoms with Crippen molar-refractivity contribution >= 4 is 11.5 Å². The lowest BCUT2D eigenvalue weighted by Crippen LogP contribution is -2.44. The lowest BCUT2D eigenvalue weighted by Gasteiger charge is -2.35. The topological polar surface area (TPSA) is 23.6 Å². The minimum atomic E-state index is -4.34. The lowest BCUT2D eigenvalue weighted by atomic mass is 10.1. The first kappa shape index (κ1) is 19.0. The van der Waals surface area contributed by atoms with Crippen LogP contribution in [-0.2, 0) is 6.18 Å². The molecule has 1 aliphatic heterocycles. The summed E-state index contributed by atoms with van der Waals surface area (Å²) >= 11 is 0. The molecule has 27 heavy (non-hydrogen) atoms. The average Bonchev–Trinajstić information content (AvgIpc) is 2.66. The van der Waals surface area contributed by atoms with Gasteiger partial charge in [-0.1, -0.05) is 35.9 Å². The second-order valence-electron chi connectivity index (χ2n) is 6.62. The molecule has 0 spiro atoms. The van der Waals surface area contributed by atoms with Gasteiger partial charge in [-0.2, -0.15) is 13.2 Å². The molecule has 0 atom stereocenters. The van der Waals surface area contributed by atoms with E-state index in [9.17, 15) is 18.0 Å². The van der Waals surface area contributed by atoms with Crippen molar-refractivity contribution < 1.29 is 18.0 Å². The highest BCUT2D eigenvalue weighted by atomic mass is 19.4. The number of hydrogen-bond donors (Lipinski definition) is 0. The standard InChI is InChI=1S/C21H21F3N2O/c1-16-5-7-17(8-6-16)20(27)9-10-25-11-13-26(14-12-25)19-4-2-3-18(15-19)21(22,23)24/h2-10,15H,11-14H2,1H3/b10-9+. The van der Waals surface area contributed by atoms with Crippen LogP contribution in [0.1, 0.15) is 21.5 Å². The summed E-state index contributed by atoms with van der Waals surface area (Å²) in [6, 6.07) is 12.8. The van der Waals surface area contributed by atoms with Gasteiger partial charge in [0.15, 0.2) is 5.78 Å². The minimum absolute atomic E-state index is 0.0599. The maximum absolute atomic E-state index is 12.9. The number of alkyl halides is 3. The van der Waals surface area contributed by atoms with Gasteiger partial charge in [-0.3, -0.25) is 4.79 Å². The van der Waals surface area contributed by atoms with Gasteiger partial charge >= 0.3 is 6.18 Å². The normalized spacial score (nSPS) is 15.4. The molecule has 0 unspecified atom stereocenters. The van der Waals surface area contributed by atoms with E-state index in [0.717, 1.165) is 11.6 Å². The predicted molar refractivity (Wildman–Crippen MR) is 99.9 cm³/mol. The van der Waals surface area contributed by atoms with E-state index in [1.54, 1.807) is 30.5 Å². The quantitative estimate of drug-likeness (QED) is 0.580. The molecular weight excluding hydrogens is 353 g/mol. The number of carbonyl (C=O) groups excluding carboxylic acids is 1. The summed E-state index contributed by atoms with van der Waals surface area (Å²) in [6.07, 6.45) is -1.02. The molecule has 3 rings (SSSR count). The van der Waals surface area contributed by atoms with Crippen molar-refractivity contribution in [3.05, 3.63) is 77.5 Å². The summed E-state index contributed by atoms with van der Waals surface area (Å²) in [5.41, 5.74) is 1.68. The summed E-state index contributed by atoms with van der Waals surface area (Å²) in [6.45, 7) is 4.46. The molecule has 2 aromatic rings. The van der Waals surface area contributed by atoms with Crippen molar-refractivity contribution in [1.29, 1.82) is 0 Å². The van der Waals surface area contributed by atoms with Crippen LogP contribution in [0.15, 0.2) is 60.8 Å². The zero-order valence-corrected chi connectivity index (χ0v) is 15.0. The Kier molecular flexibility index (Phi) is 5.54. The fraction of sp³-hybridized carbons (Fsp3) is 0.286. The molecular formula is C21H21F3N2O. The van der Waals surface area contributed by atoms with Crippen LogP contribution in [0.25, 0.3) is 0 Å². The predicted octanol–water partition coefficient (Wildman–Crippen LogP) is 4.53. The highest BCUT2D eigenvalue weighted by Gasteiger charge is 2.31. The largest absolute Gasteiger partial charge is 0.416 e. The Morgan fingerprint density at radius 3 is 2.30 bits per heavy atom. The summed E-state index contributed by atoms with van der Waals surface area (Å²) in [5, 5.41) is 0. The Balaban J connectivity index is 1.57. The highest BCUT2D eigenvalue weighted by Crippen LogP contribution is 2.31. The zero-order valence-electron chi connectivity index (χ0n) is 15.0. The van der Waals surface area contributed by atoms with E-state index in [2.05, 4.69) is 0 Å². The van der Waals surface area contributed by atoms with E-state index in [-0.39, 0.29) is 5.78 Å². The molecule has 6 heteroatoms. The first-order chi connectivity index (χ1) is 12.8. The van der Waals surface area contributed by atoms with Crippen LogP contribution in [0.3, 0.4) is 0 Å². The SMILES string of the molecule is Cc1ccc(C(=O)/C=C/N2CCN(c3cccc(C(F)(F)F)c3)CC2)cc1. The average molecular weight is 374 g/mol. The molecule has 0 N–H and O–H groups in total. The number of allylic oxidation sites excluding steroid dienone is 1. The van der Waals surface area contributed by atoms with Gasteiger partial charge in [-0.25, -0.2) is 0 Å². The third-order valence-corrected chi connectivity index (χ3v) is 4.63. The second-order valence-corrected chi connectivity index (χ2v) is 6.62. The molecule has 1 fully saturated rings. The highest BCUT2D eigenvalue weighted by molar-refractivity contribution is 6.04. The summed E-state index contributed by atoms with van der Waals surface area (Å²) in [7, 11) is 0. The number of piperazine rings is 1. The van der Waals surface area contributed by atoms with Crippen LogP contribution in [0.4, 0.5) is 18.9 Å². The Bertz CT molecular complexity index is 820. The molecule has 3 nitrogen and oxygen atoms in total. The molecule has 1 aliphatic rings.